The highest BCUT2D eigenvalue weighted by molar-refractivity contribution is 6.01. The van der Waals surface area contributed by atoms with Crippen LogP contribution in [0.3, 0.4) is 0 Å². The minimum absolute atomic E-state index is 0.114. The molecule has 1 atom stereocenters. The topological polar surface area (TPSA) is 70.9 Å². The Morgan fingerprint density at radius 2 is 2.17 bits per heavy atom. The normalized spacial score (nSPS) is 19.8. The summed E-state index contributed by atoms with van der Waals surface area (Å²) in [6.45, 7) is 8.53. The number of nitrogens with one attached hydrogen (secondary N) is 1. The van der Waals surface area contributed by atoms with E-state index in [1.54, 1.807) is 0 Å². The van der Waals surface area contributed by atoms with Crippen LogP contribution in [-0.4, -0.2) is 28.7 Å². The van der Waals surface area contributed by atoms with E-state index >= 15 is 0 Å². The van der Waals surface area contributed by atoms with Crippen molar-refractivity contribution in [3.05, 3.63) is 11.3 Å². The summed E-state index contributed by atoms with van der Waals surface area (Å²) in [5, 5.41) is 12.1. The molecule has 100 valence electrons. The van der Waals surface area contributed by atoms with Crippen LogP contribution in [0.5, 0.6) is 0 Å². The van der Waals surface area contributed by atoms with Gasteiger partial charge in [0, 0.05) is 20.1 Å². The molecule has 5 heteroatoms. The fourth-order valence-corrected chi connectivity index (χ4v) is 2.85. The second kappa shape index (κ2) is 4.63. The van der Waals surface area contributed by atoms with Crippen LogP contribution >= 0.6 is 0 Å². The number of nitrogen functional groups attached to an aromatic ring is 1. The molecule has 1 unspecified atom stereocenters. The Labute approximate surface area is 108 Å². The van der Waals surface area contributed by atoms with Gasteiger partial charge in [0.05, 0.1) is 11.3 Å². The van der Waals surface area contributed by atoms with Crippen LogP contribution in [0.4, 0.5) is 5.82 Å². The highest BCUT2D eigenvalue weighted by Crippen LogP contribution is 2.31. The molecule has 0 bridgehead atoms. The van der Waals surface area contributed by atoms with Gasteiger partial charge in [0.15, 0.2) is 0 Å². The summed E-state index contributed by atoms with van der Waals surface area (Å²) < 4.78 is 1.86. The first-order valence-corrected chi connectivity index (χ1v) is 6.54. The van der Waals surface area contributed by atoms with Gasteiger partial charge in [-0.15, -0.1) is 0 Å². The molecular formula is C13H23N5. The maximum Gasteiger partial charge on any atom is 0.137 e. The molecule has 1 saturated heterocycles. The number of aryl methyl sites for hydroxylation is 2. The van der Waals surface area contributed by atoms with E-state index in [2.05, 4.69) is 23.8 Å². The van der Waals surface area contributed by atoms with Crippen LogP contribution in [0.2, 0.25) is 0 Å². The molecule has 0 spiro atoms. The Kier molecular flexibility index (Phi) is 3.32. The van der Waals surface area contributed by atoms with Crippen molar-refractivity contribution in [3.63, 3.8) is 0 Å². The van der Waals surface area contributed by atoms with Crippen molar-refractivity contribution in [3.8, 4) is 0 Å². The van der Waals surface area contributed by atoms with Crippen LogP contribution in [-0.2, 0) is 7.05 Å². The van der Waals surface area contributed by atoms with Crippen molar-refractivity contribution in [2.45, 2.75) is 27.2 Å². The first-order chi connectivity index (χ1) is 8.41. The Bertz CT molecular complexity index is 460. The third-order valence-corrected chi connectivity index (χ3v) is 3.93. The molecule has 1 aromatic rings. The lowest BCUT2D eigenvalue weighted by Crippen LogP contribution is -2.26. The Balaban J connectivity index is 2.32. The van der Waals surface area contributed by atoms with Crippen molar-refractivity contribution in [2.24, 2.45) is 24.6 Å². The Hall–Kier alpha value is -1.52. The molecule has 0 aliphatic carbocycles. The molecule has 1 aliphatic rings. The minimum Gasteiger partial charge on any atom is -0.384 e. The third kappa shape index (κ3) is 2.09. The molecule has 1 aliphatic heterocycles. The molecule has 1 aromatic heterocycles. The number of anilines is 1. The average Bonchev–Trinajstić information content (AvgIpc) is 2.81. The van der Waals surface area contributed by atoms with E-state index in [1.807, 2.05) is 18.7 Å². The fourth-order valence-electron chi connectivity index (χ4n) is 2.85. The van der Waals surface area contributed by atoms with E-state index in [-0.39, 0.29) is 5.84 Å². The van der Waals surface area contributed by atoms with E-state index in [9.17, 15) is 0 Å². The number of nitrogens with two attached hydrogens (primary N) is 1. The predicted octanol–water partition coefficient (Wildman–Crippen LogP) is 1.49. The number of rotatable bonds is 3. The molecule has 0 aromatic carbocycles. The van der Waals surface area contributed by atoms with Crippen LogP contribution in [0.1, 0.15) is 31.5 Å². The molecule has 18 heavy (non-hydrogen) atoms. The van der Waals surface area contributed by atoms with E-state index in [4.69, 9.17) is 11.1 Å². The lowest BCUT2D eigenvalue weighted by atomic mass is 9.95. The zero-order chi connectivity index (χ0) is 13.4. The summed E-state index contributed by atoms with van der Waals surface area (Å²) >= 11 is 0. The summed E-state index contributed by atoms with van der Waals surface area (Å²) in [6, 6.07) is 0. The monoisotopic (exact) mass is 249 g/mol. The quantitative estimate of drug-likeness (QED) is 0.630. The van der Waals surface area contributed by atoms with Crippen molar-refractivity contribution >= 4 is 11.7 Å². The van der Waals surface area contributed by atoms with Gasteiger partial charge < -0.3 is 10.6 Å². The molecule has 1 fully saturated rings. The lowest BCUT2D eigenvalue weighted by molar-refractivity contribution is 0.422. The second-order valence-corrected chi connectivity index (χ2v) is 5.56. The van der Waals surface area contributed by atoms with Crippen LogP contribution in [0, 0.1) is 24.2 Å². The standard InChI is InChI=1S/C13H23N5/c1-8(2)10-5-6-18(7-10)13-11(12(14)15)9(3)16-17(13)4/h8,10H,5-7H2,1-4H3,(H3,14,15). The molecule has 0 amide bonds. The van der Waals surface area contributed by atoms with Crippen LogP contribution in [0.15, 0.2) is 0 Å². The number of amidine groups is 1. The van der Waals surface area contributed by atoms with Gasteiger partial charge in [0.1, 0.15) is 11.7 Å². The summed E-state index contributed by atoms with van der Waals surface area (Å²) in [7, 11) is 1.93. The van der Waals surface area contributed by atoms with Crippen molar-refractivity contribution < 1.29 is 0 Å². The molecule has 0 radical (unpaired) electrons. The zero-order valence-corrected chi connectivity index (χ0v) is 11.7. The predicted molar refractivity (Wildman–Crippen MR) is 74.1 cm³/mol. The molecular weight excluding hydrogens is 226 g/mol. The number of aromatic nitrogens is 2. The summed E-state index contributed by atoms with van der Waals surface area (Å²) in [6.07, 6.45) is 1.21. The molecule has 0 saturated carbocycles. The third-order valence-electron chi connectivity index (χ3n) is 3.93. The van der Waals surface area contributed by atoms with Gasteiger partial charge in [0.25, 0.3) is 0 Å². The van der Waals surface area contributed by atoms with Gasteiger partial charge in [-0.1, -0.05) is 13.8 Å². The Morgan fingerprint density at radius 1 is 1.50 bits per heavy atom. The molecule has 2 heterocycles. The zero-order valence-electron chi connectivity index (χ0n) is 11.7. The average molecular weight is 249 g/mol. The van der Waals surface area contributed by atoms with E-state index < -0.39 is 0 Å². The number of hydrogen-bond donors (Lipinski definition) is 2. The van der Waals surface area contributed by atoms with Crippen molar-refractivity contribution in [2.75, 3.05) is 18.0 Å². The number of hydrogen-bond acceptors (Lipinski definition) is 3. The minimum atomic E-state index is 0.114. The molecule has 5 nitrogen and oxygen atoms in total. The van der Waals surface area contributed by atoms with Gasteiger partial charge in [-0.05, 0) is 25.2 Å². The summed E-state index contributed by atoms with van der Waals surface area (Å²) in [5.41, 5.74) is 7.33. The second-order valence-electron chi connectivity index (χ2n) is 5.56. The van der Waals surface area contributed by atoms with Gasteiger partial charge in [-0.2, -0.15) is 5.10 Å². The summed E-state index contributed by atoms with van der Waals surface area (Å²) in [4.78, 5) is 2.32. The summed E-state index contributed by atoms with van der Waals surface area (Å²) in [5.74, 6) is 2.54. The SMILES string of the molecule is Cc1nn(C)c(N2CCC(C(C)C)C2)c1C(=N)N. The highest BCUT2D eigenvalue weighted by Gasteiger charge is 2.29. The molecule has 3 N–H and O–H groups in total. The highest BCUT2D eigenvalue weighted by atomic mass is 15.4. The van der Waals surface area contributed by atoms with Gasteiger partial charge in [-0.3, -0.25) is 10.1 Å². The smallest absolute Gasteiger partial charge is 0.137 e. The van der Waals surface area contributed by atoms with Gasteiger partial charge in [0.2, 0.25) is 0 Å². The lowest BCUT2D eigenvalue weighted by Gasteiger charge is -2.21. The van der Waals surface area contributed by atoms with Crippen LogP contribution < -0.4 is 10.6 Å². The molecule has 2 rings (SSSR count). The fraction of sp³-hybridized carbons (Fsp3) is 0.692. The first kappa shape index (κ1) is 12.9. The van der Waals surface area contributed by atoms with Crippen molar-refractivity contribution in [1.29, 1.82) is 5.41 Å². The maximum atomic E-state index is 7.73. The maximum absolute atomic E-state index is 7.73. The van der Waals surface area contributed by atoms with Crippen molar-refractivity contribution in [1.82, 2.24) is 9.78 Å². The van der Waals surface area contributed by atoms with Gasteiger partial charge in [-0.25, -0.2) is 0 Å². The number of nitrogens with zero attached hydrogens (tertiary/aromatic N) is 3. The van der Waals surface area contributed by atoms with Crippen LogP contribution in [0.25, 0.3) is 0 Å². The van der Waals surface area contributed by atoms with E-state index in [0.29, 0.717) is 5.92 Å². The van der Waals surface area contributed by atoms with E-state index in [1.165, 1.54) is 6.42 Å². The largest absolute Gasteiger partial charge is 0.384 e. The van der Waals surface area contributed by atoms with Gasteiger partial charge >= 0.3 is 0 Å². The first-order valence-electron chi connectivity index (χ1n) is 6.54. The Morgan fingerprint density at radius 3 is 2.67 bits per heavy atom. The van der Waals surface area contributed by atoms with E-state index in [0.717, 1.165) is 36.1 Å².